The van der Waals surface area contributed by atoms with Crippen LogP contribution in [0.2, 0.25) is 0 Å². The lowest BCUT2D eigenvalue weighted by Gasteiger charge is -2.37. The van der Waals surface area contributed by atoms with Crippen LogP contribution in [-0.4, -0.2) is 75.1 Å². The highest BCUT2D eigenvalue weighted by molar-refractivity contribution is 7.89. The summed E-state index contributed by atoms with van der Waals surface area (Å²) in [5.74, 6) is 0.747. The van der Waals surface area contributed by atoms with Gasteiger partial charge in [0.2, 0.25) is 10.0 Å². The molecule has 1 aromatic carbocycles. The van der Waals surface area contributed by atoms with Crippen LogP contribution in [0.3, 0.4) is 0 Å². The number of hydrogen-bond donors (Lipinski definition) is 2. The van der Waals surface area contributed by atoms with Crippen LogP contribution < -0.4 is 10.6 Å². The van der Waals surface area contributed by atoms with Gasteiger partial charge in [-0.05, 0) is 25.3 Å². The first kappa shape index (κ1) is 23.6. The van der Waals surface area contributed by atoms with E-state index in [4.69, 9.17) is 0 Å². The van der Waals surface area contributed by atoms with Crippen LogP contribution in [0.5, 0.6) is 0 Å². The number of likely N-dealkylation sites (tertiary alicyclic amines) is 1. The number of sulfonamides is 1. The molecule has 1 unspecified atom stereocenters. The van der Waals surface area contributed by atoms with Gasteiger partial charge >= 0.3 is 0 Å². The smallest absolute Gasteiger partial charge is 0.215 e. The molecule has 1 aromatic rings. The van der Waals surface area contributed by atoms with E-state index >= 15 is 0 Å². The van der Waals surface area contributed by atoms with Gasteiger partial charge in [-0.15, -0.1) is 0 Å². The van der Waals surface area contributed by atoms with Crippen molar-refractivity contribution < 1.29 is 8.42 Å². The van der Waals surface area contributed by atoms with Crippen molar-refractivity contribution in [2.45, 2.75) is 45.7 Å². The van der Waals surface area contributed by atoms with Gasteiger partial charge in [0.15, 0.2) is 5.96 Å². The normalized spacial score (nSPS) is 18.0. The molecule has 2 rings (SSSR count). The van der Waals surface area contributed by atoms with E-state index in [-0.39, 0.29) is 5.75 Å². The zero-order chi connectivity index (χ0) is 21.3. The summed E-state index contributed by atoms with van der Waals surface area (Å²) in [5.41, 5.74) is 1.35. The predicted octanol–water partition coefficient (Wildman–Crippen LogP) is 2.05. The second-order valence-electron chi connectivity index (χ2n) is 7.44. The number of benzene rings is 1. The molecule has 0 radical (unpaired) electrons. The van der Waals surface area contributed by atoms with E-state index in [1.54, 1.807) is 7.05 Å². The molecule has 7 nitrogen and oxygen atoms in total. The number of piperidine rings is 1. The highest BCUT2D eigenvalue weighted by Crippen LogP contribution is 2.23. The van der Waals surface area contributed by atoms with E-state index in [0.717, 1.165) is 25.9 Å². The van der Waals surface area contributed by atoms with Crippen LogP contribution in [0, 0.1) is 0 Å². The third kappa shape index (κ3) is 6.97. The minimum absolute atomic E-state index is 0.0718. The quantitative estimate of drug-likeness (QED) is 0.470. The molecule has 0 saturated carbocycles. The molecule has 1 aliphatic heterocycles. The minimum Gasteiger partial charge on any atom is -0.355 e. The van der Waals surface area contributed by atoms with E-state index < -0.39 is 10.0 Å². The van der Waals surface area contributed by atoms with E-state index in [9.17, 15) is 8.42 Å². The highest BCUT2D eigenvalue weighted by Gasteiger charge is 2.24. The molecule has 0 amide bonds. The van der Waals surface area contributed by atoms with Gasteiger partial charge in [0.1, 0.15) is 0 Å². The lowest BCUT2D eigenvalue weighted by molar-refractivity contribution is 0.158. The summed E-state index contributed by atoms with van der Waals surface area (Å²) in [4.78, 5) is 6.78. The first-order valence-electron chi connectivity index (χ1n) is 10.6. The average Bonchev–Trinajstić information content (AvgIpc) is 2.74. The Kier molecular flexibility index (Phi) is 9.39. The molecule has 0 aliphatic carbocycles. The van der Waals surface area contributed by atoms with Gasteiger partial charge in [0.25, 0.3) is 0 Å². The Balaban J connectivity index is 1.77. The van der Waals surface area contributed by atoms with Crippen LogP contribution in [0.1, 0.15) is 45.2 Å². The van der Waals surface area contributed by atoms with E-state index in [0.29, 0.717) is 37.7 Å². The molecule has 1 saturated heterocycles. The standard InChI is InChI=1S/C21H37N5O2S/c1-5-26(6-2)29(27,28)17-14-23-21(22-4)24-20-12-15-25(16-13-20)18(3)19-10-8-7-9-11-19/h7-11,18,20H,5-6,12-17H2,1-4H3,(H2,22,23,24). The number of nitrogens with zero attached hydrogens (tertiary/aromatic N) is 3. The summed E-state index contributed by atoms with van der Waals surface area (Å²) in [6.45, 7) is 9.40. The average molecular weight is 424 g/mol. The fraction of sp³-hybridized carbons (Fsp3) is 0.667. The van der Waals surface area contributed by atoms with Crippen LogP contribution in [-0.2, 0) is 10.0 Å². The monoisotopic (exact) mass is 423 g/mol. The molecule has 1 fully saturated rings. The van der Waals surface area contributed by atoms with Gasteiger partial charge in [-0.25, -0.2) is 12.7 Å². The number of hydrogen-bond acceptors (Lipinski definition) is 4. The molecule has 1 aliphatic rings. The maximum Gasteiger partial charge on any atom is 0.215 e. The van der Waals surface area contributed by atoms with Crippen molar-refractivity contribution >= 4 is 16.0 Å². The third-order valence-corrected chi connectivity index (χ3v) is 7.70. The van der Waals surface area contributed by atoms with Crippen molar-refractivity contribution in [2.24, 2.45) is 4.99 Å². The Labute approximate surface area is 176 Å². The van der Waals surface area contributed by atoms with E-state index in [1.165, 1.54) is 9.87 Å². The minimum atomic E-state index is -3.22. The predicted molar refractivity (Wildman–Crippen MR) is 121 cm³/mol. The molecule has 164 valence electrons. The largest absolute Gasteiger partial charge is 0.355 e. The van der Waals surface area contributed by atoms with Crippen molar-refractivity contribution in [1.29, 1.82) is 0 Å². The van der Waals surface area contributed by atoms with Crippen LogP contribution in [0.4, 0.5) is 0 Å². The summed E-state index contributed by atoms with van der Waals surface area (Å²) >= 11 is 0. The SMILES string of the molecule is CCN(CC)S(=O)(=O)CCNC(=NC)NC1CCN(C(C)c2ccccc2)CC1. The second kappa shape index (κ2) is 11.5. The van der Waals surface area contributed by atoms with Gasteiger partial charge in [-0.2, -0.15) is 0 Å². The molecule has 1 heterocycles. The summed E-state index contributed by atoms with van der Waals surface area (Å²) in [5, 5.41) is 6.61. The lowest BCUT2D eigenvalue weighted by Crippen LogP contribution is -2.50. The maximum absolute atomic E-state index is 12.3. The first-order valence-corrected chi connectivity index (χ1v) is 12.3. The maximum atomic E-state index is 12.3. The summed E-state index contributed by atoms with van der Waals surface area (Å²) in [6, 6.07) is 11.4. The molecule has 1 atom stereocenters. The summed E-state index contributed by atoms with van der Waals surface area (Å²) in [7, 11) is -1.50. The number of guanidine groups is 1. The first-order chi connectivity index (χ1) is 13.9. The van der Waals surface area contributed by atoms with Crippen LogP contribution >= 0.6 is 0 Å². The van der Waals surface area contributed by atoms with Crippen molar-refractivity contribution in [3.05, 3.63) is 35.9 Å². The zero-order valence-corrected chi connectivity index (χ0v) is 19.1. The Morgan fingerprint density at radius 3 is 2.38 bits per heavy atom. The molecule has 29 heavy (non-hydrogen) atoms. The Hall–Kier alpha value is -1.64. The van der Waals surface area contributed by atoms with Gasteiger partial charge in [0.05, 0.1) is 5.75 Å². The van der Waals surface area contributed by atoms with Crippen molar-refractivity contribution in [3.8, 4) is 0 Å². The summed E-state index contributed by atoms with van der Waals surface area (Å²) < 4.78 is 26.1. The number of rotatable bonds is 9. The Bertz CT molecular complexity index is 727. The molecule has 0 bridgehead atoms. The lowest BCUT2D eigenvalue weighted by atomic mass is 10.0. The van der Waals surface area contributed by atoms with Crippen molar-refractivity contribution in [2.75, 3.05) is 45.5 Å². The van der Waals surface area contributed by atoms with Crippen LogP contribution in [0.25, 0.3) is 0 Å². The molecule has 8 heteroatoms. The molecular weight excluding hydrogens is 386 g/mol. The fourth-order valence-corrected chi connectivity index (χ4v) is 5.21. The number of aliphatic imine (C=N–C) groups is 1. The van der Waals surface area contributed by atoms with Gasteiger partial charge in [0, 0.05) is 51.9 Å². The van der Waals surface area contributed by atoms with Gasteiger partial charge < -0.3 is 10.6 Å². The summed E-state index contributed by atoms with van der Waals surface area (Å²) in [6.07, 6.45) is 2.07. The van der Waals surface area contributed by atoms with Crippen molar-refractivity contribution in [1.82, 2.24) is 19.8 Å². The molecule has 0 spiro atoms. The van der Waals surface area contributed by atoms with Crippen LogP contribution in [0.15, 0.2) is 35.3 Å². The molecular formula is C21H37N5O2S. The van der Waals surface area contributed by atoms with Gasteiger partial charge in [-0.3, -0.25) is 9.89 Å². The van der Waals surface area contributed by atoms with Gasteiger partial charge in [-0.1, -0.05) is 44.2 Å². The Morgan fingerprint density at radius 2 is 1.83 bits per heavy atom. The molecule has 0 aromatic heterocycles. The van der Waals surface area contributed by atoms with E-state index in [1.807, 2.05) is 13.8 Å². The Morgan fingerprint density at radius 1 is 1.21 bits per heavy atom. The highest BCUT2D eigenvalue weighted by atomic mass is 32.2. The fourth-order valence-electron chi connectivity index (χ4n) is 3.81. The molecule has 2 N–H and O–H groups in total. The number of nitrogens with one attached hydrogen (secondary N) is 2. The second-order valence-corrected chi connectivity index (χ2v) is 9.53. The van der Waals surface area contributed by atoms with Crippen molar-refractivity contribution in [3.63, 3.8) is 0 Å². The topological polar surface area (TPSA) is 77.0 Å². The third-order valence-electron chi connectivity index (χ3n) is 5.67. The zero-order valence-electron chi connectivity index (χ0n) is 18.3. The van der Waals surface area contributed by atoms with E-state index in [2.05, 4.69) is 57.8 Å².